The molecule has 1 aliphatic heterocycles. The molecule has 4 nitrogen and oxygen atoms in total. The molecule has 4 heteroatoms. The van der Waals surface area contributed by atoms with E-state index in [2.05, 4.69) is 19.9 Å². The lowest BCUT2D eigenvalue weighted by atomic mass is 9.62. The first-order valence-corrected chi connectivity index (χ1v) is 11.2. The summed E-state index contributed by atoms with van der Waals surface area (Å²) in [7, 11) is 0. The van der Waals surface area contributed by atoms with E-state index < -0.39 is 0 Å². The smallest absolute Gasteiger partial charge is 0.330 e. The van der Waals surface area contributed by atoms with E-state index >= 15 is 0 Å². The molecule has 1 heterocycles. The Labute approximate surface area is 169 Å². The van der Waals surface area contributed by atoms with Crippen molar-refractivity contribution in [1.82, 2.24) is 0 Å². The van der Waals surface area contributed by atoms with E-state index in [4.69, 9.17) is 9.47 Å². The van der Waals surface area contributed by atoms with Crippen LogP contribution in [0.3, 0.4) is 0 Å². The minimum absolute atomic E-state index is 0.0114. The van der Waals surface area contributed by atoms with Crippen molar-refractivity contribution in [2.24, 2.45) is 29.6 Å². The van der Waals surface area contributed by atoms with Gasteiger partial charge in [0.2, 0.25) is 0 Å². The fraction of sp³-hybridized carbons (Fsp3) is 0.750. The summed E-state index contributed by atoms with van der Waals surface area (Å²) >= 11 is 0. The Balaban J connectivity index is 1.73. The second kappa shape index (κ2) is 9.28. The van der Waals surface area contributed by atoms with Crippen LogP contribution in [0.5, 0.6) is 0 Å². The standard InChI is InChI=1S/C24H36O4/c1-5-16(3)24(26)28-21-14-15(2)13-18-10-9-17(4)20(23(18)21)12-11-19-7-6-8-22(25)27-19/h6,8,10,15-17,19-21,23H,5,7,9,11-14H2,1-4H3/t15-,16-,17-,19-,20-,21-,23-/m0/s1. The van der Waals surface area contributed by atoms with Crippen LogP contribution in [0, 0.1) is 29.6 Å². The zero-order valence-corrected chi connectivity index (χ0v) is 17.9. The largest absolute Gasteiger partial charge is 0.462 e. The summed E-state index contributed by atoms with van der Waals surface area (Å²) in [4.78, 5) is 24.1. The molecule has 2 aliphatic carbocycles. The minimum Gasteiger partial charge on any atom is -0.462 e. The van der Waals surface area contributed by atoms with Crippen LogP contribution in [-0.2, 0) is 19.1 Å². The molecular weight excluding hydrogens is 352 g/mol. The number of allylic oxidation sites excluding steroid dienone is 1. The van der Waals surface area contributed by atoms with Crippen LogP contribution in [0.2, 0.25) is 0 Å². The zero-order valence-electron chi connectivity index (χ0n) is 17.9. The first kappa shape index (κ1) is 21.1. The third kappa shape index (κ3) is 4.87. The summed E-state index contributed by atoms with van der Waals surface area (Å²) in [6.45, 7) is 8.57. The third-order valence-electron chi connectivity index (χ3n) is 7.03. The molecule has 0 aromatic carbocycles. The van der Waals surface area contributed by atoms with Crippen molar-refractivity contribution in [2.75, 3.05) is 0 Å². The summed E-state index contributed by atoms with van der Waals surface area (Å²) in [6, 6.07) is 0. The van der Waals surface area contributed by atoms with Gasteiger partial charge in [-0.15, -0.1) is 0 Å². The molecule has 1 saturated carbocycles. The van der Waals surface area contributed by atoms with Crippen LogP contribution in [0.25, 0.3) is 0 Å². The monoisotopic (exact) mass is 388 g/mol. The zero-order chi connectivity index (χ0) is 20.3. The van der Waals surface area contributed by atoms with Gasteiger partial charge < -0.3 is 9.47 Å². The molecule has 0 aromatic heterocycles. The molecule has 0 radical (unpaired) electrons. The predicted molar refractivity (Wildman–Crippen MR) is 109 cm³/mol. The van der Waals surface area contributed by atoms with Crippen molar-refractivity contribution in [3.05, 3.63) is 23.8 Å². The minimum atomic E-state index is -0.222. The average molecular weight is 389 g/mol. The van der Waals surface area contributed by atoms with Gasteiger partial charge in [0, 0.05) is 18.4 Å². The number of hydrogen-bond donors (Lipinski definition) is 0. The Morgan fingerprint density at radius 2 is 2.07 bits per heavy atom. The van der Waals surface area contributed by atoms with E-state index in [0.717, 1.165) is 44.9 Å². The summed E-state index contributed by atoms with van der Waals surface area (Å²) in [5.41, 5.74) is 1.49. The summed E-state index contributed by atoms with van der Waals surface area (Å²) in [5.74, 6) is 1.59. The first-order chi connectivity index (χ1) is 13.4. The second-order valence-corrected chi connectivity index (χ2v) is 9.29. The van der Waals surface area contributed by atoms with Gasteiger partial charge in [-0.05, 0) is 56.3 Å². The number of cyclic esters (lactones) is 1. The van der Waals surface area contributed by atoms with Crippen LogP contribution in [0.1, 0.15) is 72.6 Å². The van der Waals surface area contributed by atoms with Crippen LogP contribution < -0.4 is 0 Å². The average Bonchev–Trinajstić information content (AvgIpc) is 2.66. The van der Waals surface area contributed by atoms with E-state index in [9.17, 15) is 9.59 Å². The number of esters is 2. The van der Waals surface area contributed by atoms with E-state index in [0.29, 0.717) is 23.7 Å². The van der Waals surface area contributed by atoms with E-state index in [1.165, 1.54) is 11.6 Å². The van der Waals surface area contributed by atoms with Gasteiger partial charge in [0.1, 0.15) is 12.2 Å². The summed E-state index contributed by atoms with van der Waals surface area (Å²) in [6.07, 6.45) is 12.5. The van der Waals surface area contributed by atoms with Gasteiger partial charge in [-0.25, -0.2) is 4.79 Å². The van der Waals surface area contributed by atoms with Crippen molar-refractivity contribution >= 4 is 11.9 Å². The van der Waals surface area contributed by atoms with E-state index in [1.54, 1.807) is 0 Å². The van der Waals surface area contributed by atoms with Crippen LogP contribution in [0.15, 0.2) is 23.8 Å². The molecule has 0 bridgehead atoms. The normalized spacial score (nSPS) is 36.1. The van der Waals surface area contributed by atoms with Crippen molar-refractivity contribution in [1.29, 1.82) is 0 Å². The summed E-state index contributed by atoms with van der Waals surface area (Å²) < 4.78 is 11.6. The van der Waals surface area contributed by atoms with Crippen LogP contribution >= 0.6 is 0 Å². The maximum atomic E-state index is 12.5. The highest BCUT2D eigenvalue weighted by Gasteiger charge is 2.43. The molecule has 0 spiro atoms. The Bertz CT molecular complexity index is 635. The number of ether oxygens (including phenoxy) is 2. The maximum Gasteiger partial charge on any atom is 0.330 e. The van der Waals surface area contributed by atoms with Crippen molar-refractivity contribution in [3.63, 3.8) is 0 Å². The molecule has 3 rings (SSSR count). The van der Waals surface area contributed by atoms with Gasteiger partial charge in [-0.2, -0.15) is 0 Å². The molecule has 28 heavy (non-hydrogen) atoms. The highest BCUT2D eigenvalue weighted by molar-refractivity contribution is 5.82. The van der Waals surface area contributed by atoms with Crippen molar-refractivity contribution in [3.8, 4) is 0 Å². The lowest BCUT2D eigenvalue weighted by Gasteiger charge is -2.46. The fourth-order valence-corrected chi connectivity index (χ4v) is 5.18. The Hall–Kier alpha value is -1.58. The highest BCUT2D eigenvalue weighted by Crippen LogP contribution is 2.48. The number of carbonyl (C=O) groups is 2. The van der Waals surface area contributed by atoms with E-state index in [1.807, 2.05) is 19.9 Å². The van der Waals surface area contributed by atoms with Gasteiger partial charge in [-0.1, -0.05) is 45.4 Å². The molecule has 3 aliphatic rings. The Kier molecular flexibility index (Phi) is 7.00. The van der Waals surface area contributed by atoms with E-state index in [-0.39, 0.29) is 30.1 Å². The topological polar surface area (TPSA) is 52.6 Å². The number of rotatable bonds is 6. The van der Waals surface area contributed by atoms with Crippen LogP contribution in [0.4, 0.5) is 0 Å². The third-order valence-corrected chi connectivity index (χ3v) is 7.03. The second-order valence-electron chi connectivity index (χ2n) is 9.29. The number of carbonyl (C=O) groups excluding carboxylic acids is 2. The molecular formula is C24H36O4. The molecule has 0 amide bonds. The highest BCUT2D eigenvalue weighted by atomic mass is 16.5. The van der Waals surface area contributed by atoms with Gasteiger partial charge in [0.05, 0.1) is 5.92 Å². The molecule has 0 aromatic rings. The molecule has 0 N–H and O–H groups in total. The van der Waals surface area contributed by atoms with Gasteiger partial charge >= 0.3 is 11.9 Å². The van der Waals surface area contributed by atoms with Gasteiger partial charge in [0.25, 0.3) is 0 Å². The first-order valence-electron chi connectivity index (χ1n) is 11.2. The van der Waals surface area contributed by atoms with Crippen LogP contribution in [-0.4, -0.2) is 24.1 Å². The molecule has 0 saturated heterocycles. The summed E-state index contributed by atoms with van der Waals surface area (Å²) in [5, 5.41) is 0. The van der Waals surface area contributed by atoms with Gasteiger partial charge in [0.15, 0.2) is 0 Å². The lowest BCUT2D eigenvalue weighted by Crippen LogP contribution is -2.43. The SMILES string of the molecule is CC[C@H](C)C(=O)O[C@H]1C[C@@H](C)CC2=CC[C@H](C)[C@H](CC[C@@H]3CC=CC(=O)O3)[C@H]21. The molecule has 7 atom stereocenters. The quantitative estimate of drug-likeness (QED) is 0.462. The van der Waals surface area contributed by atoms with Crippen molar-refractivity contribution < 1.29 is 19.1 Å². The number of hydrogen-bond acceptors (Lipinski definition) is 4. The van der Waals surface area contributed by atoms with Crippen molar-refractivity contribution in [2.45, 2.75) is 84.8 Å². The maximum absolute atomic E-state index is 12.5. The predicted octanol–water partition coefficient (Wildman–Crippen LogP) is 5.22. The lowest BCUT2D eigenvalue weighted by molar-refractivity contribution is -0.160. The molecule has 156 valence electrons. The number of fused-ring (bicyclic) bond motifs is 1. The Morgan fingerprint density at radius 1 is 1.29 bits per heavy atom. The molecule has 1 fully saturated rings. The fourth-order valence-electron chi connectivity index (χ4n) is 5.18. The molecule has 0 unspecified atom stereocenters. The Morgan fingerprint density at radius 3 is 2.79 bits per heavy atom. The van der Waals surface area contributed by atoms with Gasteiger partial charge in [-0.3, -0.25) is 4.79 Å².